The van der Waals surface area contributed by atoms with Gasteiger partial charge in [-0.15, -0.1) is 0 Å². The van der Waals surface area contributed by atoms with E-state index in [4.69, 9.17) is 4.74 Å². The van der Waals surface area contributed by atoms with Crippen LogP contribution in [0.5, 0.6) is 0 Å². The summed E-state index contributed by atoms with van der Waals surface area (Å²) >= 11 is 0. The van der Waals surface area contributed by atoms with Crippen molar-refractivity contribution in [2.75, 3.05) is 0 Å². The van der Waals surface area contributed by atoms with Gasteiger partial charge < -0.3 is 4.74 Å². The summed E-state index contributed by atoms with van der Waals surface area (Å²) in [6.07, 6.45) is 8.72. The average molecular weight is 347 g/mol. The molecule has 3 nitrogen and oxygen atoms in total. The minimum atomic E-state index is -0.122. The van der Waals surface area contributed by atoms with Crippen LogP contribution in [0.1, 0.15) is 79.1 Å². The molecule has 4 rings (SSSR count). The maximum atomic E-state index is 12.1. The van der Waals surface area contributed by atoms with Crippen LogP contribution in [0.2, 0.25) is 0 Å². The summed E-state index contributed by atoms with van der Waals surface area (Å²) in [5.41, 5.74) is 0.515. The molecule has 0 aromatic heterocycles. The van der Waals surface area contributed by atoms with Gasteiger partial charge in [0, 0.05) is 25.2 Å². The number of esters is 1. The molecule has 3 heteroatoms. The number of hydrogen-bond acceptors (Lipinski definition) is 3. The lowest BCUT2D eigenvalue weighted by atomic mass is 9.43. The Morgan fingerprint density at radius 3 is 2.52 bits per heavy atom. The number of fused-ring (bicyclic) bond motifs is 5. The van der Waals surface area contributed by atoms with Crippen LogP contribution in [-0.4, -0.2) is 17.9 Å². The van der Waals surface area contributed by atoms with E-state index in [9.17, 15) is 9.59 Å². The minimum Gasteiger partial charge on any atom is -0.462 e. The number of ether oxygens (including phenoxy) is 1. The third-order valence-corrected chi connectivity index (χ3v) is 9.06. The second kappa shape index (κ2) is 5.82. The predicted molar refractivity (Wildman–Crippen MR) is 96.8 cm³/mol. The summed E-state index contributed by atoms with van der Waals surface area (Å²) in [6, 6.07) is 0. The van der Waals surface area contributed by atoms with Gasteiger partial charge in [-0.3, -0.25) is 9.59 Å². The quantitative estimate of drug-likeness (QED) is 0.642. The summed E-state index contributed by atoms with van der Waals surface area (Å²) < 4.78 is 5.76. The fraction of sp³-hybridized carbons (Fsp3) is 0.909. The summed E-state index contributed by atoms with van der Waals surface area (Å²) in [4.78, 5) is 23.6. The SMILES string of the molecule is CC(=O)OC1CC[C@H]2[C@@H]3C(C)CC4CC(=O)CC[C@]4(C)[C@H]3CC[C@]12C. The third kappa shape index (κ3) is 2.51. The van der Waals surface area contributed by atoms with Crippen molar-refractivity contribution < 1.29 is 14.3 Å². The highest BCUT2D eigenvalue weighted by molar-refractivity contribution is 5.79. The van der Waals surface area contributed by atoms with Crippen LogP contribution in [-0.2, 0) is 14.3 Å². The van der Waals surface area contributed by atoms with Gasteiger partial charge in [0.2, 0.25) is 0 Å². The second-order valence-corrected chi connectivity index (χ2v) is 10.2. The number of hydrogen-bond donors (Lipinski definition) is 0. The van der Waals surface area contributed by atoms with Crippen LogP contribution in [0.4, 0.5) is 0 Å². The van der Waals surface area contributed by atoms with Crippen molar-refractivity contribution in [3.05, 3.63) is 0 Å². The Hall–Kier alpha value is -0.860. The van der Waals surface area contributed by atoms with E-state index in [1.807, 2.05) is 0 Å². The van der Waals surface area contributed by atoms with Crippen molar-refractivity contribution in [2.24, 2.45) is 40.4 Å². The zero-order valence-corrected chi connectivity index (χ0v) is 16.3. The van der Waals surface area contributed by atoms with Crippen LogP contribution < -0.4 is 0 Å². The molecule has 8 atom stereocenters. The van der Waals surface area contributed by atoms with Gasteiger partial charge in [0.1, 0.15) is 11.9 Å². The first-order valence-corrected chi connectivity index (χ1v) is 10.4. The molecular weight excluding hydrogens is 312 g/mol. The first-order chi connectivity index (χ1) is 11.8. The van der Waals surface area contributed by atoms with Crippen molar-refractivity contribution in [1.82, 2.24) is 0 Å². The molecule has 0 spiro atoms. The van der Waals surface area contributed by atoms with E-state index in [0.717, 1.165) is 37.5 Å². The highest BCUT2D eigenvalue weighted by atomic mass is 16.5. The van der Waals surface area contributed by atoms with Gasteiger partial charge >= 0.3 is 5.97 Å². The molecule has 4 saturated carbocycles. The highest BCUT2D eigenvalue weighted by Crippen LogP contribution is 2.67. The van der Waals surface area contributed by atoms with Crippen LogP contribution in [0.3, 0.4) is 0 Å². The van der Waals surface area contributed by atoms with E-state index in [1.54, 1.807) is 6.92 Å². The Balaban J connectivity index is 1.63. The zero-order chi connectivity index (χ0) is 18.0. The highest BCUT2D eigenvalue weighted by Gasteiger charge is 2.62. The predicted octanol–water partition coefficient (Wildman–Crippen LogP) is 4.78. The van der Waals surface area contributed by atoms with E-state index in [-0.39, 0.29) is 17.5 Å². The third-order valence-electron chi connectivity index (χ3n) is 9.06. The molecular formula is C22H34O3. The minimum absolute atomic E-state index is 0.113. The van der Waals surface area contributed by atoms with E-state index in [2.05, 4.69) is 20.8 Å². The van der Waals surface area contributed by atoms with Gasteiger partial charge in [-0.25, -0.2) is 0 Å². The number of rotatable bonds is 1. The summed E-state index contributed by atoms with van der Waals surface area (Å²) in [7, 11) is 0. The Morgan fingerprint density at radius 2 is 1.80 bits per heavy atom. The van der Waals surface area contributed by atoms with E-state index >= 15 is 0 Å². The molecule has 140 valence electrons. The normalized spacial score (nSPS) is 52.1. The lowest BCUT2D eigenvalue weighted by Crippen LogP contribution is -2.56. The van der Waals surface area contributed by atoms with Gasteiger partial charge in [-0.1, -0.05) is 20.8 Å². The lowest BCUT2D eigenvalue weighted by Gasteiger charge is -2.62. The fourth-order valence-corrected chi connectivity index (χ4v) is 7.77. The topological polar surface area (TPSA) is 43.4 Å². The number of carbonyl (C=O) groups excluding carboxylic acids is 2. The molecule has 0 radical (unpaired) electrons. The van der Waals surface area contributed by atoms with Gasteiger partial charge in [-0.05, 0) is 73.5 Å². The van der Waals surface area contributed by atoms with Crippen molar-refractivity contribution in [1.29, 1.82) is 0 Å². The number of ketones is 1. The molecule has 4 aliphatic rings. The maximum absolute atomic E-state index is 12.1. The summed E-state index contributed by atoms with van der Waals surface area (Å²) in [6.45, 7) is 8.87. The summed E-state index contributed by atoms with van der Waals surface area (Å²) in [5, 5.41) is 0. The molecule has 25 heavy (non-hydrogen) atoms. The van der Waals surface area contributed by atoms with Crippen LogP contribution in [0, 0.1) is 40.4 Å². The number of Topliss-reactive ketones (excluding diaryl/α,β-unsaturated/α-hetero) is 1. The van der Waals surface area contributed by atoms with Crippen molar-refractivity contribution in [2.45, 2.75) is 85.2 Å². The average Bonchev–Trinajstić information content (AvgIpc) is 2.85. The van der Waals surface area contributed by atoms with E-state index in [1.165, 1.54) is 25.7 Å². The monoisotopic (exact) mass is 346 g/mol. The first-order valence-electron chi connectivity index (χ1n) is 10.4. The van der Waals surface area contributed by atoms with Crippen molar-refractivity contribution >= 4 is 11.8 Å². The molecule has 0 N–H and O–H groups in total. The standard InChI is InChI=1S/C22H34O3/c1-13-11-15-12-16(24)7-9-21(15,3)18-8-10-22(4)17(20(13)18)5-6-19(22)25-14(2)23/h13,15,17-20H,5-12H2,1-4H3/t13?,15?,17-,18-,19?,20-,21-,22-/m0/s1. The molecule has 0 heterocycles. The van der Waals surface area contributed by atoms with Crippen LogP contribution in [0.25, 0.3) is 0 Å². The molecule has 0 aromatic carbocycles. The van der Waals surface area contributed by atoms with E-state index in [0.29, 0.717) is 29.0 Å². The van der Waals surface area contributed by atoms with E-state index < -0.39 is 0 Å². The second-order valence-electron chi connectivity index (χ2n) is 10.2. The van der Waals surface area contributed by atoms with Gasteiger partial charge in [-0.2, -0.15) is 0 Å². The summed E-state index contributed by atoms with van der Waals surface area (Å²) in [5.74, 6) is 3.83. The molecule has 3 unspecified atom stereocenters. The largest absolute Gasteiger partial charge is 0.462 e. The fourth-order valence-electron chi connectivity index (χ4n) is 7.77. The Morgan fingerprint density at radius 1 is 1.08 bits per heavy atom. The van der Waals surface area contributed by atoms with Gasteiger partial charge in [0.25, 0.3) is 0 Å². The Bertz CT molecular complexity index is 584. The smallest absolute Gasteiger partial charge is 0.302 e. The van der Waals surface area contributed by atoms with Crippen molar-refractivity contribution in [3.8, 4) is 0 Å². The molecule has 0 amide bonds. The lowest BCUT2D eigenvalue weighted by molar-refractivity contribution is -0.167. The first kappa shape index (κ1) is 17.5. The van der Waals surface area contributed by atoms with Crippen LogP contribution >= 0.6 is 0 Å². The molecule has 0 aliphatic heterocycles. The molecule has 0 bridgehead atoms. The van der Waals surface area contributed by atoms with Gasteiger partial charge in [0.05, 0.1) is 0 Å². The zero-order valence-electron chi connectivity index (χ0n) is 16.3. The molecule has 4 fully saturated rings. The van der Waals surface area contributed by atoms with Crippen LogP contribution in [0.15, 0.2) is 0 Å². The Labute approximate surface area is 152 Å². The van der Waals surface area contributed by atoms with Gasteiger partial charge in [0.15, 0.2) is 0 Å². The molecule has 0 aromatic rings. The number of carbonyl (C=O) groups is 2. The Kier molecular flexibility index (Phi) is 4.09. The maximum Gasteiger partial charge on any atom is 0.302 e. The van der Waals surface area contributed by atoms with Crippen molar-refractivity contribution in [3.63, 3.8) is 0 Å². The molecule has 0 saturated heterocycles. The molecule has 4 aliphatic carbocycles.